The fourth-order valence-electron chi connectivity index (χ4n) is 1.58. The Balaban J connectivity index is 2.00. The van der Waals surface area contributed by atoms with Crippen LogP contribution in [-0.2, 0) is 0 Å². The first-order chi connectivity index (χ1) is 9.28. The Hall–Kier alpha value is -2.65. The number of hydrogen-bond donors (Lipinski definition) is 1. The van der Waals surface area contributed by atoms with Gasteiger partial charge in [0.25, 0.3) is 5.89 Å². The zero-order chi connectivity index (χ0) is 13.2. The van der Waals surface area contributed by atoms with Gasteiger partial charge in [-0.1, -0.05) is 16.8 Å². The molecule has 2 aromatic heterocycles. The van der Waals surface area contributed by atoms with Crippen molar-refractivity contribution in [3.05, 3.63) is 41.2 Å². The summed E-state index contributed by atoms with van der Waals surface area (Å²) in [6.45, 7) is 0. The van der Waals surface area contributed by atoms with Crippen molar-refractivity contribution in [2.75, 3.05) is 0 Å². The molecule has 2 heterocycles. The van der Waals surface area contributed by atoms with Crippen LogP contribution >= 0.6 is 11.6 Å². The summed E-state index contributed by atoms with van der Waals surface area (Å²) in [6.07, 6.45) is 1.47. The minimum Gasteiger partial charge on any atom is -0.333 e. The van der Waals surface area contributed by atoms with Crippen LogP contribution in [-0.4, -0.2) is 20.3 Å². The number of nitrogens with one attached hydrogen (secondary N) is 1. The first kappa shape index (κ1) is 11.4. The van der Waals surface area contributed by atoms with Crippen LogP contribution in [0.5, 0.6) is 0 Å². The zero-order valence-corrected chi connectivity index (χ0v) is 10.2. The Kier molecular flexibility index (Phi) is 2.74. The van der Waals surface area contributed by atoms with Crippen LogP contribution in [0.15, 0.2) is 35.0 Å². The van der Waals surface area contributed by atoms with Crippen LogP contribution in [0, 0.1) is 11.3 Å². The first-order valence-corrected chi connectivity index (χ1v) is 5.69. The van der Waals surface area contributed by atoms with E-state index in [0.717, 1.165) is 5.56 Å². The summed E-state index contributed by atoms with van der Waals surface area (Å²) in [7, 11) is 0. The summed E-state index contributed by atoms with van der Waals surface area (Å²) in [5.74, 6) is 0.673. The Morgan fingerprint density at radius 1 is 1.26 bits per heavy atom. The molecule has 0 atom stereocenters. The monoisotopic (exact) mass is 271 g/mol. The van der Waals surface area contributed by atoms with Crippen LogP contribution in [0.1, 0.15) is 5.69 Å². The molecule has 92 valence electrons. The molecule has 0 saturated carbocycles. The molecule has 0 saturated heterocycles. The van der Waals surface area contributed by atoms with E-state index in [1.54, 1.807) is 24.3 Å². The Morgan fingerprint density at radius 3 is 2.79 bits per heavy atom. The van der Waals surface area contributed by atoms with E-state index >= 15 is 0 Å². The lowest BCUT2D eigenvalue weighted by atomic mass is 10.2. The molecule has 0 aliphatic carbocycles. The quantitative estimate of drug-likeness (QED) is 0.773. The van der Waals surface area contributed by atoms with Crippen LogP contribution in [0.25, 0.3) is 22.8 Å². The first-order valence-electron chi connectivity index (χ1n) is 5.31. The molecule has 0 unspecified atom stereocenters. The zero-order valence-electron chi connectivity index (χ0n) is 9.46. The van der Waals surface area contributed by atoms with Gasteiger partial charge in [0, 0.05) is 10.6 Å². The van der Waals surface area contributed by atoms with Crippen LogP contribution in [0.2, 0.25) is 5.02 Å². The van der Waals surface area contributed by atoms with Crippen molar-refractivity contribution in [3.8, 4) is 28.9 Å². The third-order valence-corrected chi connectivity index (χ3v) is 2.76. The molecular formula is C12H6ClN5O. The average Bonchev–Trinajstić information content (AvgIpc) is 3.07. The molecule has 0 bridgehead atoms. The number of nitrogens with zero attached hydrogens (tertiary/aromatic N) is 4. The molecule has 3 rings (SSSR count). The van der Waals surface area contributed by atoms with Gasteiger partial charge in [-0.15, -0.1) is 0 Å². The van der Waals surface area contributed by atoms with Crippen molar-refractivity contribution in [3.63, 3.8) is 0 Å². The predicted molar refractivity (Wildman–Crippen MR) is 67.0 cm³/mol. The molecule has 0 radical (unpaired) electrons. The lowest BCUT2D eigenvalue weighted by Crippen LogP contribution is -1.82. The second-order valence-electron chi connectivity index (χ2n) is 3.70. The van der Waals surface area contributed by atoms with Crippen molar-refractivity contribution >= 4 is 11.6 Å². The molecule has 0 aliphatic rings. The molecule has 3 aromatic rings. The van der Waals surface area contributed by atoms with Gasteiger partial charge in [0.1, 0.15) is 11.8 Å². The molecule has 19 heavy (non-hydrogen) atoms. The summed E-state index contributed by atoms with van der Waals surface area (Å²) in [6, 6.07) is 9.03. The maximum Gasteiger partial charge on any atom is 0.262 e. The van der Waals surface area contributed by atoms with Gasteiger partial charge in [0.2, 0.25) is 5.82 Å². The van der Waals surface area contributed by atoms with Gasteiger partial charge in [-0.2, -0.15) is 15.3 Å². The van der Waals surface area contributed by atoms with E-state index in [2.05, 4.69) is 20.3 Å². The van der Waals surface area contributed by atoms with Crippen molar-refractivity contribution < 1.29 is 4.52 Å². The summed E-state index contributed by atoms with van der Waals surface area (Å²) in [5, 5.41) is 19.7. The van der Waals surface area contributed by atoms with E-state index < -0.39 is 0 Å². The topological polar surface area (TPSA) is 91.4 Å². The second kappa shape index (κ2) is 4.55. The summed E-state index contributed by atoms with van der Waals surface area (Å²) < 4.78 is 5.13. The molecule has 0 aliphatic heterocycles. The Bertz CT molecular complexity index is 753. The number of hydrogen-bond acceptors (Lipinski definition) is 5. The number of aromatic nitrogens is 4. The highest BCUT2D eigenvalue weighted by atomic mass is 35.5. The van der Waals surface area contributed by atoms with Crippen molar-refractivity contribution in [1.82, 2.24) is 20.3 Å². The number of nitriles is 1. The minimum absolute atomic E-state index is 0.246. The van der Waals surface area contributed by atoms with Gasteiger partial charge in [-0.25, -0.2) is 0 Å². The number of H-pyrrole nitrogens is 1. The van der Waals surface area contributed by atoms with E-state index in [9.17, 15) is 0 Å². The maximum atomic E-state index is 8.90. The molecule has 0 fully saturated rings. The highest BCUT2D eigenvalue weighted by molar-refractivity contribution is 6.30. The smallest absolute Gasteiger partial charge is 0.262 e. The third-order valence-electron chi connectivity index (χ3n) is 2.51. The van der Waals surface area contributed by atoms with Crippen LogP contribution in [0.4, 0.5) is 0 Å². The van der Waals surface area contributed by atoms with E-state index in [0.29, 0.717) is 16.4 Å². The largest absolute Gasteiger partial charge is 0.333 e. The lowest BCUT2D eigenvalue weighted by Gasteiger charge is -1.93. The maximum absolute atomic E-state index is 8.90. The molecule has 0 amide bonds. The van der Waals surface area contributed by atoms with Gasteiger partial charge in [-0.05, 0) is 24.3 Å². The van der Waals surface area contributed by atoms with E-state index in [4.69, 9.17) is 21.4 Å². The van der Waals surface area contributed by atoms with Gasteiger partial charge in [0.05, 0.1) is 11.8 Å². The molecule has 7 heteroatoms. The predicted octanol–water partition coefficient (Wildman–Crippen LogP) is 2.65. The Morgan fingerprint density at radius 2 is 2.05 bits per heavy atom. The summed E-state index contributed by atoms with van der Waals surface area (Å²) >= 11 is 5.81. The number of rotatable bonds is 2. The fourth-order valence-corrected chi connectivity index (χ4v) is 1.71. The van der Waals surface area contributed by atoms with Gasteiger partial charge < -0.3 is 4.52 Å². The standard InChI is InChI=1S/C12H6ClN5O/c13-8-3-1-7(2-4-8)11-16-12(19-18-11)9-6-15-17-10(9)5-14/h1-4,6H,(H,15,17). The van der Waals surface area contributed by atoms with Crippen LogP contribution < -0.4 is 0 Å². The molecule has 1 aromatic carbocycles. The highest BCUT2D eigenvalue weighted by Crippen LogP contribution is 2.24. The van der Waals surface area contributed by atoms with Gasteiger partial charge in [0.15, 0.2) is 0 Å². The summed E-state index contributed by atoms with van der Waals surface area (Å²) in [5.41, 5.74) is 1.54. The normalized spacial score (nSPS) is 10.3. The molecule has 0 spiro atoms. The average molecular weight is 272 g/mol. The van der Waals surface area contributed by atoms with E-state index in [-0.39, 0.29) is 11.6 Å². The highest BCUT2D eigenvalue weighted by Gasteiger charge is 2.15. The number of aromatic amines is 1. The fraction of sp³-hybridized carbons (Fsp3) is 0. The Labute approximate surface area is 112 Å². The SMILES string of the molecule is N#Cc1[nH]ncc1-c1nc(-c2ccc(Cl)cc2)no1. The van der Waals surface area contributed by atoms with Crippen molar-refractivity contribution in [2.24, 2.45) is 0 Å². The van der Waals surface area contributed by atoms with E-state index in [1.807, 2.05) is 6.07 Å². The van der Waals surface area contributed by atoms with E-state index in [1.165, 1.54) is 6.20 Å². The van der Waals surface area contributed by atoms with Crippen molar-refractivity contribution in [2.45, 2.75) is 0 Å². The lowest BCUT2D eigenvalue weighted by molar-refractivity contribution is 0.432. The van der Waals surface area contributed by atoms with Crippen LogP contribution in [0.3, 0.4) is 0 Å². The molecular weight excluding hydrogens is 266 g/mol. The minimum atomic E-state index is 0.246. The third kappa shape index (κ3) is 2.07. The second-order valence-corrected chi connectivity index (χ2v) is 4.14. The number of benzene rings is 1. The molecule has 6 nitrogen and oxygen atoms in total. The summed E-state index contributed by atoms with van der Waals surface area (Å²) in [4.78, 5) is 4.23. The number of halogens is 1. The van der Waals surface area contributed by atoms with Crippen molar-refractivity contribution in [1.29, 1.82) is 5.26 Å². The van der Waals surface area contributed by atoms with Gasteiger partial charge in [-0.3, -0.25) is 5.10 Å². The molecule has 1 N–H and O–H groups in total. The van der Waals surface area contributed by atoms with Gasteiger partial charge >= 0.3 is 0 Å².